The van der Waals surface area contributed by atoms with Gasteiger partial charge in [0.05, 0.1) is 10.6 Å². The first-order valence-electron chi connectivity index (χ1n) is 9.33. The lowest BCUT2D eigenvalue weighted by Gasteiger charge is -2.31. The van der Waals surface area contributed by atoms with E-state index in [4.69, 9.17) is 16.3 Å². The molecule has 1 aliphatic rings. The van der Waals surface area contributed by atoms with Crippen molar-refractivity contribution in [3.63, 3.8) is 0 Å². The summed E-state index contributed by atoms with van der Waals surface area (Å²) in [5.74, 6) is -2.51. The monoisotopic (exact) mass is 511 g/mol. The van der Waals surface area contributed by atoms with Gasteiger partial charge in [-0.25, -0.2) is 9.18 Å². The van der Waals surface area contributed by atoms with Crippen molar-refractivity contribution >= 4 is 41.7 Å². The van der Waals surface area contributed by atoms with Crippen LogP contribution in [-0.2, 0) is 0 Å². The third kappa shape index (κ3) is 7.37. The number of likely N-dealkylation sites (N-methyl/N-ethyl adjacent to an activating group) is 1. The van der Waals surface area contributed by atoms with Gasteiger partial charge < -0.3 is 24.6 Å². The van der Waals surface area contributed by atoms with Crippen molar-refractivity contribution in [2.45, 2.75) is 6.36 Å². The van der Waals surface area contributed by atoms with Crippen molar-refractivity contribution in [3.05, 3.63) is 52.8 Å². The Morgan fingerprint density at radius 2 is 1.67 bits per heavy atom. The molecule has 0 aromatic heterocycles. The molecule has 2 amide bonds. The van der Waals surface area contributed by atoms with Gasteiger partial charge in [0, 0.05) is 37.9 Å². The molecule has 3 rings (SSSR count). The molecule has 33 heavy (non-hydrogen) atoms. The highest BCUT2D eigenvalue weighted by molar-refractivity contribution is 6.31. The maximum Gasteiger partial charge on any atom is 0.573 e. The normalized spacial score (nSPS) is 14.3. The molecule has 13 heteroatoms. The quantitative estimate of drug-likeness (QED) is 0.597. The highest BCUT2D eigenvalue weighted by Gasteiger charge is 2.31. The van der Waals surface area contributed by atoms with Crippen LogP contribution in [0.3, 0.4) is 0 Å². The molecule has 0 aliphatic carbocycles. The number of benzene rings is 2. The van der Waals surface area contributed by atoms with Gasteiger partial charge in [-0.2, -0.15) is 0 Å². The van der Waals surface area contributed by atoms with E-state index in [9.17, 15) is 27.2 Å². The van der Waals surface area contributed by atoms with E-state index >= 15 is 0 Å². The predicted octanol–water partition coefficient (Wildman–Crippen LogP) is 4.80. The van der Waals surface area contributed by atoms with Crippen LogP contribution < -0.4 is 14.8 Å². The Morgan fingerprint density at radius 1 is 1.06 bits per heavy atom. The van der Waals surface area contributed by atoms with Crippen molar-refractivity contribution in [3.8, 4) is 11.5 Å². The average molecular weight is 512 g/mol. The van der Waals surface area contributed by atoms with Crippen LogP contribution in [0.15, 0.2) is 36.4 Å². The molecule has 2 aromatic rings. The first-order chi connectivity index (χ1) is 15.0. The highest BCUT2D eigenvalue weighted by atomic mass is 35.5. The number of nitrogens with one attached hydrogen (secondary N) is 1. The Kier molecular flexibility index (Phi) is 8.76. The Labute approximate surface area is 197 Å². The first kappa shape index (κ1) is 26.5. The summed E-state index contributed by atoms with van der Waals surface area (Å²) in [7, 11) is 1.90. The van der Waals surface area contributed by atoms with Crippen LogP contribution in [0.25, 0.3) is 0 Å². The summed E-state index contributed by atoms with van der Waals surface area (Å²) >= 11 is 5.78. The fraction of sp³-hybridized carbons (Fsp3) is 0.300. The van der Waals surface area contributed by atoms with E-state index in [-0.39, 0.29) is 34.4 Å². The van der Waals surface area contributed by atoms with E-state index in [0.717, 1.165) is 24.3 Å². The zero-order valence-electron chi connectivity index (χ0n) is 17.1. The number of ether oxygens (including phenoxy) is 2. The third-order valence-electron chi connectivity index (χ3n) is 4.57. The molecule has 0 unspecified atom stereocenters. The minimum atomic E-state index is -4.85. The number of rotatable bonds is 4. The van der Waals surface area contributed by atoms with E-state index in [0.29, 0.717) is 26.2 Å². The van der Waals surface area contributed by atoms with Crippen molar-refractivity contribution < 1.29 is 36.6 Å². The second kappa shape index (κ2) is 10.9. The van der Waals surface area contributed by atoms with Crippen molar-refractivity contribution in [2.75, 3.05) is 38.5 Å². The largest absolute Gasteiger partial charge is 0.573 e. The van der Waals surface area contributed by atoms with Gasteiger partial charge in [-0.3, -0.25) is 4.79 Å². The van der Waals surface area contributed by atoms with Crippen LogP contribution in [0.4, 0.5) is 28.0 Å². The molecule has 180 valence electrons. The summed E-state index contributed by atoms with van der Waals surface area (Å²) < 4.78 is 59.8. The second-order valence-corrected chi connectivity index (χ2v) is 7.35. The standard InChI is InChI=1S/C20H18ClF4N3O4.ClH/c1-27-6-8-28(9-7-27)19(30)31-17-11-16(22)15(21)10-14(17)18(29)26-12-2-4-13(5-3-12)32-20(23,24)25;/h2-5,10-11H,6-9H2,1H3,(H,26,29);1H. The topological polar surface area (TPSA) is 71.1 Å². The number of hydrogen-bond acceptors (Lipinski definition) is 5. The molecule has 7 nitrogen and oxygen atoms in total. The molecule has 1 N–H and O–H groups in total. The number of halogens is 6. The van der Waals surface area contributed by atoms with Crippen molar-refractivity contribution in [2.24, 2.45) is 0 Å². The predicted molar refractivity (Wildman–Crippen MR) is 115 cm³/mol. The van der Waals surface area contributed by atoms with Gasteiger partial charge in [0.25, 0.3) is 5.91 Å². The zero-order valence-corrected chi connectivity index (χ0v) is 18.7. The summed E-state index contributed by atoms with van der Waals surface area (Å²) in [5, 5.41) is 2.05. The van der Waals surface area contributed by atoms with Crippen molar-refractivity contribution in [1.82, 2.24) is 9.80 Å². The molecule has 1 heterocycles. The molecule has 0 bridgehead atoms. The molecule has 0 atom stereocenters. The van der Waals surface area contributed by atoms with Gasteiger partial charge in [-0.15, -0.1) is 25.6 Å². The number of carbonyl (C=O) groups excluding carboxylic acids is 2. The smallest absolute Gasteiger partial charge is 0.409 e. The molecule has 0 radical (unpaired) electrons. The van der Waals surface area contributed by atoms with E-state index in [2.05, 4.69) is 10.1 Å². The fourth-order valence-corrected chi connectivity index (χ4v) is 3.04. The van der Waals surface area contributed by atoms with Gasteiger partial charge in [0.1, 0.15) is 17.3 Å². The minimum absolute atomic E-state index is 0. The highest BCUT2D eigenvalue weighted by Crippen LogP contribution is 2.29. The van der Waals surface area contributed by atoms with Gasteiger partial charge in [0.15, 0.2) is 0 Å². The Morgan fingerprint density at radius 3 is 2.24 bits per heavy atom. The summed E-state index contributed by atoms with van der Waals surface area (Å²) in [6, 6.07) is 6.20. The molecule has 1 saturated heterocycles. The Bertz CT molecular complexity index is 998. The maximum atomic E-state index is 14.0. The lowest BCUT2D eigenvalue weighted by molar-refractivity contribution is -0.274. The number of anilines is 1. The maximum absolute atomic E-state index is 14.0. The summed E-state index contributed by atoms with van der Waals surface area (Å²) in [6.07, 6.45) is -5.60. The van der Waals surface area contributed by atoms with Crippen LogP contribution in [-0.4, -0.2) is 61.4 Å². The molecule has 1 fully saturated rings. The number of alkyl halides is 3. The van der Waals surface area contributed by atoms with Crippen molar-refractivity contribution in [1.29, 1.82) is 0 Å². The lowest BCUT2D eigenvalue weighted by atomic mass is 10.1. The summed E-state index contributed by atoms with van der Waals surface area (Å²) in [6.45, 7) is 2.06. The van der Waals surface area contributed by atoms with E-state index < -0.39 is 29.9 Å². The lowest BCUT2D eigenvalue weighted by Crippen LogP contribution is -2.48. The Balaban J connectivity index is 0.00000385. The Hall–Kier alpha value is -2.76. The number of hydrogen-bond donors (Lipinski definition) is 1. The van der Waals surface area contributed by atoms with E-state index in [1.54, 1.807) is 0 Å². The first-order valence-corrected chi connectivity index (χ1v) is 9.71. The molecule has 1 aliphatic heterocycles. The van der Waals surface area contributed by atoms with E-state index in [1.807, 2.05) is 11.9 Å². The third-order valence-corrected chi connectivity index (χ3v) is 4.86. The molecule has 0 spiro atoms. The zero-order chi connectivity index (χ0) is 23.5. The average Bonchev–Trinajstić information content (AvgIpc) is 2.71. The summed E-state index contributed by atoms with van der Waals surface area (Å²) in [4.78, 5) is 28.6. The fourth-order valence-electron chi connectivity index (χ4n) is 2.88. The van der Waals surface area contributed by atoms with Gasteiger partial charge in [0.2, 0.25) is 0 Å². The van der Waals surface area contributed by atoms with Crippen LogP contribution in [0, 0.1) is 5.82 Å². The van der Waals surface area contributed by atoms with Crippen LogP contribution in [0.1, 0.15) is 10.4 Å². The molecular weight excluding hydrogens is 493 g/mol. The molecule has 2 aromatic carbocycles. The number of nitrogens with zero attached hydrogens (tertiary/aromatic N) is 2. The van der Waals surface area contributed by atoms with Crippen LogP contribution in [0.2, 0.25) is 5.02 Å². The van der Waals surface area contributed by atoms with Crippen LogP contribution in [0.5, 0.6) is 11.5 Å². The molecular formula is C20H19Cl2F4N3O4. The van der Waals surface area contributed by atoms with Crippen LogP contribution >= 0.6 is 24.0 Å². The van der Waals surface area contributed by atoms with Gasteiger partial charge in [-0.1, -0.05) is 11.6 Å². The SMILES string of the molecule is CN1CCN(C(=O)Oc2cc(F)c(Cl)cc2C(=O)Nc2ccc(OC(F)(F)F)cc2)CC1.Cl. The number of piperazine rings is 1. The van der Waals surface area contributed by atoms with Gasteiger partial charge in [-0.05, 0) is 37.4 Å². The number of amides is 2. The second-order valence-electron chi connectivity index (χ2n) is 6.95. The summed E-state index contributed by atoms with van der Waals surface area (Å²) in [5.41, 5.74) is -0.101. The number of carbonyl (C=O) groups is 2. The molecule has 0 saturated carbocycles. The minimum Gasteiger partial charge on any atom is -0.409 e. The van der Waals surface area contributed by atoms with Gasteiger partial charge >= 0.3 is 12.5 Å². The van der Waals surface area contributed by atoms with E-state index in [1.165, 1.54) is 17.0 Å².